The van der Waals surface area contributed by atoms with Crippen LogP contribution in [-0.4, -0.2) is 50.8 Å². The molecular formula is C33H35N5O2S2. The Hall–Kier alpha value is -3.71. The Morgan fingerprint density at radius 2 is 1.57 bits per heavy atom. The fourth-order valence-electron chi connectivity index (χ4n) is 5.50. The van der Waals surface area contributed by atoms with Crippen molar-refractivity contribution < 1.29 is 4.79 Å². The average Bonchev–Trinajstić information content (AvgIpc) is 3.27. The summed E-state index contributed by atoms with van der Waals surface area (Å²) in [6, 6.07) is 22.4. The maximum absolute atomic E-state index is 13.6. The van der Waals surface area contributed by atoms with E-state index in [4.69, 9.17) is 12.2 Å². The lowest BCUT2D eigenvalue weighted by Gasteiger charge is -2.38. The van der Waals surface area contributed by atoms with E-state index in [2.05, 4.69) is 47.1 Å². The van der Waals surface area contributed by atoms with Gasteiger partial charge in [0.1, 0.15) is 21.8 Å². The number of nitrogens with zero attached hydrogens (tertiary/aromatic N) is 5. The number of anilines is 1. The molecule has 0 radical (unpaired) electrons. The number of hydrogen-bond acceptors (Lipinski definition) is 7. The monoisotopic (exact) mass is 597 g/mol. The number of pyridine rings is 1. The van der Waals surface area contributed by atoms with Gasteiger partial charge in [0.05, 0.1) is 11.4 Å². The third-order valence-electron chi connectivity index (χ3n) is 7.84. The van der Waals surface area contributed by atoms with Gasteiger partial charge in [-0.1, -0.05) is 98.0 Å². The first-order valence-corrected chi connectivity index (χ1v) is 15.6. The molecule has 0 saturated carbocycles. The molecule has 3 heterocycles. The highest BCUT2D eigenvalue weighted by atomic mass is 32.2. The molecular weight excluding hydrogens is 563 g/mol. The first-order valence-electron chi connectivity index (χ1n) is 14.4. The van der Waals surface area contributed by atoms with Crippen LogP contribution in [0.15, 0.2) is 70.4 Å². The molecule has 1 aromatic heterocycles. The highest BCUT2D eigenvalue weighted by Gasteiger charge is 2.33. The van der Waals surface area contributed by atoms with Crippen molar-refractivity contribution in [3.05, 3.63) is 104 Å². The van der Waals surface area contributed by atoms with Crippen LogP contribution in [0.3, 0.4) is 0 Å². The van der Waals surface area contributed by atoms with Gasteiger partial charge in [0, 0.05) is 44.8 Å². The Balaban J connectivity index is 1.51. The maximum atomic E-state index is 13.6. The van der Waals surface area contributed by atoms with Crippen LogP contribution in [0.1, 0.15) is 47.6 Å². The summed E-state index contributed by atoms with van der Waals surface area (Å²) in [6.45, 7) is 8.85. The molecule has 3 aromatic rings. The highest BCUT2D eigenvalue weighted by molar-refractivity contribution is 8.26. The second-order valence-corrected chi connectivity index (χ2v) is 12.3. The van der Waals surface area contributed by atoms with E-state index < -0.39 is 0 Å². The van der Waals surface area contributed by atoms with Gasteiger partial charge >= 0.3 is 0 Å². The minimum atomic E-state index is -0.265. The summed E-state index contributed by atoms with van der Waals surface area (Å²) in [5.41, 5.74) is 3.49. The molecule has 0 unspecified atom stereocenters. The van der Waals surface area contributed by atoms with Crippen LogP contribution >= 0.6 is 24.0 Å². The Kier molecular flexibility index (Phi) is 9.58. The number of piperazine rings is 1. The Bertz CT molecular complexity index is 1590. The summed E-state index contributed by atoms with van der Waals surface area (Å²) in [7, 11) is 0. The van der Waals surface area contributed by atoms with Gasteiger partial charge in [0.2, 0.25) is 0 Å². The zero-order chi connectivity index (χ0) is 29.6. The number of carbonyl (C=O) groups excluding carboxylic acids is 1. The predicted molar refractivity (Wildman–Crippen MR) is 174 cm³/mol. The zero-order valence-electron chi connectivity index (χ0n) is 24.1. The van der Waals surface area contributed by atoms with Crippen LogP contribution < -0.4 is 10.5 Å². The van der Waals surface area contributed by atoms with Crippen molar-refractivity contribution in [2.45, 2.75) is 46.3 Å². The van der Waals surface area contributed by atoms with Crippen LogP contribution in [0.5, 0.6) is 0 Å². The molecule has 2 aromatic carbocycles. The fraction of sp³-hybridized carbons (Fsp3) is 0.333. The van der Waals surface area contributed by atoms with Gasteiger partial charge < -0.3 is 4.90 Å². The van der Waals surface area contributed by atoms with Crippen LogP contribution in [0.2, 0.25) is 0 Å². The van der Waals surface area contributed by atoms with E-state index in [0.29, 0.717) is 27.9 Å². The minimum Gasteiger partial charge on any atom is -0.355 e. The Morgan fingerprint density at radius 3 is 2.17 bits per heavy atom. The average molecular weight is 598 g/mol. The Morgan fingerprint density at radius 1 is 0.952 bits per heavy atom. The van der Waals surface area contributed by atoms with Gasteiger partial charge in [-0.3, -0.25) is 24.0 Å². The topological polar surface area (TPSA) is 72.6 Å². The highest BCUT2D eigenvalue weighted by Crippen LogP contribution is 2.37. The quantitative estimate of drug-likeness (QED) is 0.237. The minimum absolute atomic E-state index is 0.128. The van der Waals surface area contributed by atoms with E-state index in [1.165, 1.54) is 17.3 Å². The number of unbranched alkanes of at least 4 members (excludes halogenated alkanes) is 1. The lowest BCUT2D eigenvalue weighted by atomic mass is 10.0. The van der Waals surface area contributed by atoms with E-state index in [-0.39, 0.29) is 17.0 Å². The van der Waals surface area contributed by atoms with E-state index in [1.807, 2.05) is 49.4 Å². The summed E-state index contributed by atoms with van der Waals surface area (Å²) >= 11 is 6.90. The number of rotatable bonds is 9. The molecule has 0 bridgehead atoms. The van der Waals surface area contributed by atoms with Gasteiger partial charge in [0.15, 0.2) is 0 Å². The van der Waals surface area contributed by atoms with Gasteiger partial charge in [-0.2, -0.15) is 5.26 Å². The number of benzene rings is 2. The van der Waals surface area contributed by atoms with Gasteiger partial charge in [-0.15, -0.1) is 0 Å². The lowest BCUT2D eigenvalue weighted by Crippen LogP contribution is -2.48. The molecule has 2 fully saturated rings. The first kappa shape index (κ1) is 29.8. The summed E-state index contributed by atoms with van der Waals surface area (Å²) in [5.74, 6) is 0.634. The molecule has 2 aliphatic heterocycles. The largest absolute Gasteiger partial charge is 0.355 e. The van der Waals surface area contributed by atoms with E-state index >= 15 is 0 Å². The molecule has 2 saturated heterocycles. The molecule has 5 rings (SSSR count). The second-order valence-electron chi connectivity index (χ2n) is 10.7. The summed E-state index contributed by atoms with van der Waals surface area (Å²) in [5, 5.41) is 10.0. The molecule has 216 valence electrons. The predicted octanol–water partition coefficient (Wildman–Crippen LogP) is 5.55. The summed E-state index contributed by atoms with van der Waals surface area (Å²) in [6.07, 6.45) is 3.58. The molecule has 0 spiro atoms. The molecule has 0 N–H and O–H groups in total. The molecule has 0 aliphatic carbocycles. The van der Waals surface area contributed by atoms with Crippen molar-refractivity contribution in [1.82, 2.24) is 14.4 Å². The number of nitriles is 1. The standard InChI is InChI=1S/C33H35N5O2S2/c1-3-4-15-37-30(36-18-16-35(17-19-36)22-25-11-7-5-8-12-25)27(24(2)28(21-34)31(37)39)20-29-32(40)38(33(41)42-29)23-26-13-9-6-10-14-26/h5-14,20H,3-4,15-19,22-23H2,1-2H3/b29-20+. The smallest absolute Gasteiger partial charge is 0.270 e. The molecule has 42 heavy (non-hydrogen) atoms. The fourth-order valence-corrected chi connectivity index (χ4v) is 6.74. The number of aromatic nitrogens is 1. The van der Waals surface area contributed by atoms with Crippen molar-refractivity contribution in [1.29, 1.82) is 5.26 Å². The van der Waals surface area contributed by atoms with E-state index in [0.717, 1.165) is 62.5 Å². The number of thioether (sulfide) groups is 1. The normalized spacial score (nSPS) is 16.8. The number of thiocarbonyl (C=S) groups is 1. The maximum Gasteiger partial charge on any atom is 0.270 e. The molecule has 2 aliphatic rings. The van der Waals surface area contributed by atoms with Crippen molar-refractivity contribution in [2.24, 2.45) is 0 Å². The van der Waals surface area contributed by atoms with Crippen molar-refractivity contribution in [2.75, 3.05) is 31.1 Å². The van der Waals surface area contributed by atoms with Crippen LogP contribution in [0.4, 0.5) is 5.82 Å². The Labute approximate surface area is 257 Å². The van der Waals surface area contributed by atoms with Gasteiger partial charge in [0.25, 0.3) is 11.5 Å². The van der Waals surface area contributed by atoms with Crippen molar-refractivity contribution >= 4 is 46.1 Å². The third-order valence-corrected chi connectivity index (χ3v) is 9.21. The lowest BCUT2D eigenvalue weighted by molar-refractivity contribution is -0.122. The van der Waals surface area contributed by atoms with Crippen LogP contribution in [0.25, 0.3) is 6.08 Å². The third kappa shape index (κ3) is 6.36. The first-order chi connectivity index (χ1) is 20.4. The number of hydrogen-bond donors (Lipinski definition) is 0. The second kappa shape index (κ2) is 13.5. The molecule has 9 heteroatoms. The molecule has 0 atom stereocenters. The van der Waals surface area contributed by atoms with Crippen molar-refractivity contribution in [3.63, 3.8) is 0 Å². The van der Waals surface area contributed by atoms with Gasteiger partial charge in [-0.05, 0) is 36.1 Å². The van der Waals surface area contributed by atoms with E-state index in [1.54, 1.807) is 9.47 Å². The summed E-state index contributed by atoms with van der Waals surface area (Å²) < 4.78 is 2.27. The van der Waals surface area contributed by atoms with E-state index in [9.17, 15) is 14.9 Å². The molecule has 7 nitrogen and oxygen atoms in total. The van der Waals surface area contributed by atoms with Gasteiger partial charge in [-0.25, -0.2) is 0 Å². The van der Waals surface area contributed by atoms with Crippen LogP contribution in [0, 0.1) is 18.3 Å². The SMILES string of the molecule is CCCCn1c(N2CCN(Cc3ccccc3)CC2)c(/C=C2/SC(=S)N(Cc3ccccc3)C2=O)c(C)c(C#N)c1=O. The number of carbonyl (C=O) groups is 1. The zero-order valence-corrected chi connectivity index (χ0v) is 25.7. The van der Waals surface area contributed by atoms with Crippen molar-refractivity contribution in [3.8, 4) is 6.07 Å². The molecule has 1 amide bonds. The van der Waals surface area contributed by atoms with Crippen LogP contribution in [-0.2, 0) is 24.4 Å². The summed E-state index contributed by atoms with van der Waals surface area (Å²) in [4.78, 5) is 34.1. The number of amides is 1.